The molecule has 3 N–H and O–H groups in total. The minimum atomic E-state index is -0.651. The van der Waals surface area contributed by atoms with Gasteiger partial charge in [-0.25, -0.2) is 9.97 Å². The van der Waals surface area contributed by atoms with Crippen LogP contribution in [0.15, 0.2) is 43.2 Å². The molecule has 1 amide bonds. The molecule has 10 heteroatoms. The summed E-state index contributed by atoms with van der Waals surface area (Å²) in [7, 11) is 0. The number of hydrogen-bond acceptors (Lipinski definition) is 7. The maximum absolute atomic E-state index is 12.0. The summed E-state index contributed by atoms with van der Waals surface area (Å²) in [5.74, 6) is -0.637. The maximum Gasteiger partial charge on any atom is 0.354 e. The normalized spacial score (nSPS) is 9.88. The van der Waals surface area contributed by atoms with Crippen molar-refractivity contribution in [2.45, 2.75) is 0 Å². The van der Waals surface area contributed by atoms with Crippen LogP contribution in [0.5, 0.6) is 0 Å². The van der Waals surface area contributed by atoms with E-state index in [9.17, 15) is 14.9 Å². The lowest BCUT2D eigenvalue weighted by Crippen LogP contribution is -2.30. The number of halogens is 1. The second-order valence-corrected chi connectivity index (χ2v) is 4.87. The van der Waals surface area contributed by atoms with E-state index in [1.165, 1.54) is 18.2 Å². The van der Waals surface area contributed by atoms with Crippen LogP contribution in [0.1, 0.15) is 10.4 Å². The lowest BCUT2D eigenvalue weighted by Gasteiger charge is -2.10. The van der Waals surface area contributed by atoms with Crippen LogP contribution >= 0.6 is 11.6 Å². The molecule has 0 unspecified atom stereocenters. The summed E-state index contributed by atoms with van der Waals surface area (Å²) in [6.07, 6.45) is 2.66. The van der Waals surface area contributed by atoms with Crippen molar-refractivity contribution in [3.05, 3.63) is 63.9 Å². The van der Waals surface area contributed by atoms with Crippen LogP contribution in [0.4, 0.5) is 17.3 Å². The van der Waals surface area contributed by atoms with E-state index in [0.29, 0.717) is 10.6 Å². The first-order chi connectivity index (χ1) is 11.5. The molecule has 1 heterocycles. The molecule has 0 saturated carbocycles. The molecule has 2 rings (SSSR count). The van der Waals surface area contributed by atoms with Gasteiger partial charge in [-0.2, -0.15) is 0 Å². The number of hydrogen-bond donors (Lipinski definition) is 3. The first-order valence-corrected chi connectivity index (χ1v) is 7.06. The molecular formula is C14H13ClN6O3. The number of nitro groups is 1. The number of nitrogens with one attached hydrogen (secondary N) is 3. The van der Waals surface area contributed by atoms with E-state index >= 15 is 0 Å². The van der Waals surface area contributed by atoms with Crippen molar-refractivity contribution >= 4 is 34.8 Å². The Morgan fingerprint density at radius 2 is 1.96 bits per heavy atom. The van der Waals surface area contributed by atoms with Crippen molar-refractivity contribution in [1.82, 2.24) is 15.4 Å². The monoisotopic (exact) mass is 348 g/mol. The summed E-state index contributed by atoms with van der Waals surface area (Å²) < 4.78 is 0. The van der Waals surface area contributed by atoms with Crippen LogP contribution < -0.4 is 16.2 Å². The average molecular weight is 349 g/mol. The van der Waals surface area contributed by atoms with Gasteiger partial charge in [0.1, 0.15) is 6.33 Å². The molecule has 24 heavy (non-hydrogen) atoms. The van der Waals surface area contributed by atoms with Gasteiger partial charge in [-0.15, -0.1) is 6.58 Å². The average Bonchev–Trinajstić information content (AvgIpc) is 2.58. The Kier molecular flexibility index (Phi) is 5.63. The number of amides is 1. The van der Waals surface area contributed by atoms with Gasteiger partial charge in [-0.3, -0.25) is 25.8 Å². The second kappa shape index (κ2) is 7.88. The van der Waals surface area contributed by atoms with Gasteiger partial charge < -0.3 is 5.32 Å². The zero-order chi connectivity index (χ0) is 17.5. The number of rotatable bonds is 7. The molecular weight excluding hydrogens is 336 g/mol. The van der Waals surface area contributed by atoms with Crippen molar-refractivity contribution < 1.29 is 9.72 Å². The van der Waals surface area contributed by atoms with Crippen LogP contribution in [-0.2, 0) is 0 Å². The SMILES string of the molecule is C=CCNc1ncnc(NNC(=O)c2ccc(Cl)cc2)c1[N+](=O)[O-]. The standard InChI is InChI=1S/C14H13ClN6O3/c1-2-7-16-12-11(21(23)24)13(18-8-17-12)19-20-14(22)9-3-5-10(15)6-4-9/h2-6,8H,1,7H2,(H,20,22)(H2,16,17,18,19). The Labute approximate surface area is 141 Å². The number of benzene rings is 1. The number of nitrogens with zero attached hydrogens (tertiary/aromatic N) is 3. The molecule has 0 atom stereocenters. The highest BCUT2D eigenvalue weighted by molar-refractivity contribution is 6.30. The zero-order valence-electron chi connectivity index (χ0n) is 12.3. The number of hydrazine groups is 1. The maximum atomic E-state index is 12.0. The molecule has 2 aromatic rings. The summed E-state index contributed by atoms with van der Waals surface area (Å²) >= 11 is 5.75. The predicted octanol–water partition coefficient (Wildman–Crippen LogP) is 2.39. The van der Waals surface area contributed by atoms with Crippen molar-refractivity contribution in [2.75, 3.05) is 17.3 Å². The van der Waals surface area contributed by atoms with Gasteiger partial charge in [0.05, 0.1) is 4.92 Å². The molecule has 9 nitrogen and oxygen atoms in total. The fraction of sp³-hybridized carbons (Fsp3) is 0.0714. The molecule has 0 bridgehead atoms. The van der Waals surface area contributed by atoms with Crippen LogP contribution in [-0.4, -0.2) is 27.3 Å². The van der Waals surface area contributed by atoms with Gasteiger partial charge in [0, 0.05) is 17.1 Å². The highest BCUT2D eigenvalue weighted by Crippen LogP contribution is 2.28. The minimum Gasteiger partial charge on any atom is -0.361 e. The Hall–Kier alpha value is -3.20. The highest BCUT2D eigenvalue weighted by atomic mass is 35.5. The van der Waals surface area contributed by atoms with Crippen molar-refractivity contribution in [1.29, 1.82) is 0 Å². The van der Waals surface area contributed by atoms with Gasteiger partial charge in [0.15, 0.2) is 0 Å². The number of carbonyl (C=O) groups is 1. The molecule has 0 radical (unpaired) electrons. The Morgan fingerprint density at radius 1 is 1.29 bits per heavy atom. The zero-order valence-corrected chi connectivity index (χ0v) is 13.1. The predicted molar refractivity (Wildman–Crippen MR) is 89.9 cm³/mol. The molecule has 0 fully saturated rings. The van der Waals surface area contributed by atoms with Crippen molar-refractivity contribution in [3.63, 3.8) is 0 Å². The van der Waals surface area contributed by atoms with Crippen molar-refractivity contribution in [3.8, 4) is 0 Å². The molecule has 0 saturated heterocycles. The quantitative estimate of drug-likeness (QED) is 0.399. The Morgan fingerprint density at radius 3 is 2.58 bits per heavy atom. The summed E-state index contributed by atoms with van der Waals surface area (Å²) in [5, 5.41) is 14.5. The van der Waals surface area contributed by atoms with E-state index < -0.39 is 16.5 Å². The molecule has 1 aromatic carbocycles. The van der Waals surface area contributed by atoms with Crippen LogP contribution in [0, 0.1) is 10.1 Å². The fourth-order valence-corrected chi connectivity index (χ4v) is 1.86. The van der Waals surface area contributed by atoms with Crippen molar-refractivity contribution in [2.24, 2.45) is 0 Å². The van der Waals surface area contributed by atoms with Gasteiger partial charge in [0.25, 0.3) is 5.91 Å². The molecule has 0 spiro atoms. The number of aromatic nitrogens is 2. The van der Waals surface area contributed by atoms with Crippen LogP contribution in [0.25, 0.3) is 0 Å². The molecule has 124 valence electrons. The molecule has 0 aliphatic carbocycles. The summed E-state index contributed by atoms with van der Waals surface area (Å²) in [6, 6.07) is 6.15. The van der Waals surface area contributed by atoms with Gasteiger partial charge >= 0.3 is 5.69 Å². The van der Waals surface area contributed by atoms with Gasteiger partial charge in [-0.05, 0) is 24.3 Å². The first kappa shape index (κ1) is 17.2. The number of anilines is 2. The van der Waals surface area contributed by atoms with E-state index in [0.717, 1.165) is 6.33 Å². The third-order valence-corrected chi connectivity index (χ3v) is 3.07. The lowest BCUT2D eigenvalue weighted by molar-refractivity contribution is -0.383. The third-order valence-electron chi connectivity index (χ3n) is 2.82. The lowest BCUT2D eigenvalue weighted by atomic mass is 10.2. The highest BCUT2D eigenvalue weighted by Gasteiger charge is 2.23. The molecule has 1 aromatic heterocycles. The van der Waals surface area contributed by atoms with E-state index in [4.69, 9.17) is 11.6 Å². The van der Waals surface area contributed by atoms with E-state index in [2.05, 4.69) is 32.7 Å². The summed E-state index contributed by atoms with van der Waals surface area (Å²) in [5.41, 5.74) is 4.71. The third kappa shape index (κ3) is 4.17. The van der Waals surface area contributed by atoms with Crippen LogP contribution in [0.2, 0.25) is 5.02 Å². The smallest absolute Gasteiger partial charge is 0.354 e. The fourth-order valence-electron chi connectivity index (χ4n) is 1.73. The number of carbonyl (C=O) groups excluding carboxylic acids is 1. The van der Waals surface area contributed by atoms with Gasteiger partial charge in [-0.1, -0.05) is 17.7 Å². The summed E-state index contributed by atoms with van der Waals surface area (Å²) in [6.45, 7) is 3.80. The largest absolute Gasteiger partial charge is 0.361 e. The van der Waals surface area contributed by atoms with Crippen LogP contribution in [0.3, 0.4) is 0 Å². The Balaban J connectivity index is 2.16. The van der Waals surface area contributed by atoms with E-state index in [1.54, 1.807) is 12.1 Å². The van der Waals surface area contributed by atoms with E-state index in [-0.39, 0.29) is 18.2 Å². The topological polar surface area (TPSA) is 122 Å². The first-order valence-electron chi connectivity index (χ1n) is 6.69. The van der Waals surface area contributed by atoms with E-state index in [1.807, 2.05) is 0 Å². The minimum absolute atomic E-state index is 0.0122. The second-order valence-electron chi connectivity index (χ2n) is 4.43. The van der Waals surface area contributed by atoms with Gasteiger partial charge in [0.2, 0.25) is 11.6 Å². The Bertz CT molecular complexity index is 766. The molecule has 0 aliphatic rings. The summed E-state index contributed by atoms with van der Waals surface area (Å²) in [4.78, 5) is 30.2. The molecule has 0 aliphatic heterocycles.